The minimum atomic E-state index is -3.77. The van der Waals surface area contributed by atoms with E-state index < -0.39 is 10.0 Å². The van der Waals surface area contributed by atoms with Crippen LogP contribution in [0.2, 0.25) is 0 Å². The lowest BCUT2D eigenvalue weighted by molar-refractivity contribution is 0.595. The van der Waals surface area contributed by atoms with Gasteiger partial charge in [0.05, 0.1) is 0 Å². The molecular formula is C10H16N6O2S. The van der Waals surface area contributed by atoms with Crippen LogP contribution in [-0.4, -0.2) is 28.4 Å². The number of anilines is 2. The third kappa shape index (κ3) is 2.87. The second kappa shape index (κ2) is 4.92. The highest BCUT2D eigenvalue weighted by molar-refractivity contribution is 7.92. The van der Waals surface area contributed by atoms with Crippen molar-refractivity contribution >= 4 is 21.7 Å². The lowest BCUT2D eigenvalue weighted by Gasteiger charge is -2.02. The van der Waals surface area contributed by atoms with E-state index in [4.69, 9.17) is 5.73 Å². The number of nitrogens with one attached hydrogen (secondary N) is 2. The van der Waals surface area contributed by atoms with E-state index in [1.807, 2.05) is 6.92 Å². The lowest BCUT2D eigenvalue weighted by Crippen LogP contribution is -2.14. The highest BCUT2D eigenvalue weighted by Crippen LogP contribution is 2.19. The number of aryl methyl sites for hydroxylation is 2. The molecular weight excluding hydrogens is 268 g/mol. The van der Waals surface area contributed by atoms with Gasteiger partial charge >= 0.3 is 0 Å². The third-order valence-corrected chi connectivity index (χ3v) is 3.81. The summed E-state index contributed by atoms with van der Waals surface area (Å²) in [6.45, 7) is 4.36. The van der Waals surface area contributed by atoms with Gasteiger partial charge in [-0.05, 0) is 13.3 Å². The van der Waals surface area contributed by atoms with Crippen LogP contribution in [-0.2, 0) is 16.6 Å². The van der Waals surface area contributed by atoms with Gasteiger partial charge < -0.3 is 5.73 Å². The fourth-order valence-corrected chi connectivity index (χ4v) is 2.70. The zero-order chi connectivity index (χ0) is 14.0. The van der Waals surface area contributed by atoms with Crippen LogP contribution in [0.5, 0.6) is 0 Å². The van der Waals surface area contributed by atoms with E-state index in [9.17, 15) is 8.42 Å². The van der Waals surface area contributed by atoms with Gasteiger partial charge in [-0.1, -0.05) is 6.92 Å². The van der Waals surface area contributed by atoms with Crippen LogP contribution >= 0.6 is 0 Å². The van der Waals surface area contributed by atoms with E-state index in [0.717, 1.165) is 12.1 Å². The van der Waals surface area contributed by atoms with Crippen molar-refractivity contribution in [2.75, 3.05) is 10.5 Å². The minimum Gasteiger partial charge on any atom is -0.381 e. The molecule has 8 nitrogen and oxygen atoms in total. The van der Waals surface area contributed by atoms with Crippen LogP contribution < -0.4 is 10.5 Å². The van der Waals surface area contributed by atoms with Crippen molar-refractivity contribution in [2.24, 2.45) is 0 Å². The van der Waals surface area contributed by atoms with E-state index in [1.54, 1.807) is 13.0 Å². The molecule has 0 saturated heterocycles. The van der Waals surface area contributed by atoms with Gasteiger partial charge in [0.15, 0.2) is 11.6 Å². The van der Waals surface area contributed by atoms with Crippen molar-refractivity contribution in [1.82, 2.24) is 20.0 Å². The number of H-pyrrole nitrogens is 1. The summed E-state index contributed by atoms with van der Waals surface area (Å²) in [6, 6.07) is 1.59. The fraction of sp³-hybridized carbons (Fsp3) is 0.400. The maximum Gasteiger partial charge on any atom is 0.268 e. The lowest BCUT2D eigenvalue weighted by atomic mass is 10.5. The summed E-state index contributed by atoms with van der Waals surface area (Å²) in [6.07, 6.45) is 2.26. The molecule has 0 spiro atoms. The summed E-state index contributed by atoms with van der Waals surface area (Å²) in [5.74, 6) is 0.202. The first-order valence-electron chi connectivity index (χ1n) is 5.80. The highest BCUT2D eigenvalue weighted by Gasteiger charge is 2.22. The Bertz CT molecular complexity index is 672. The second-order valence-electron chi connectivity index (χ2n) is 4.18. The molecule has 0 saturated carbocycles. The predicted octanol–water partition coefficient (Wildman–Crippen LogP) is 0.708. The molecule has 0 aromatic carbocycles. The molecule has 2 aromatic heterocycles. The Hall–Kier alpha value is -2.03. The number of nitrogen functional groups attached to an aromatic ring is 1. The van der Waals surface area contributed by atoms with E-state index in [1.165, 1.54) is 10.9 Å². The van der Waals surface area contributed by atoms with Crippen LogP contribution in [0.4, 0.5) is 11.6 Å². The molecule has 0 aliphatic rings. The first kappa shape index (κ1) is 13.4. The van der Waals surface area contributed by atoms with E-state index in [-0.39, 0.29) is 16.5 Å². The second-order valence-corrected chi connectivity index (χ2v) is 5.83. The summed E-state index contributed by atoms with van der Waals surface area (Å²) in [5, 5.41) is 10.4. The number of nitrogens with two attached hydrogens (primary N) is 1. The summed E-state index contributed by atoms with van der Waals surface area (Å²) >= 11 is 0. The Morgan fingerprint density at radius 3 is 2.84 bits per heavy atom. The maximum atomic E-state index is 12.2. The van der Waals surface area contributed by atoms with Crippen molar-refractivity contribution in [3.63, 3.8) is 0 Å². The Balaban J connectivity index is 2.28. The third-order valence-electron chi connectivity index (χ3n) is 2.44. The molecule has 0 aliphatic heterocycles. The van der Waals surface area contributed by atoms with Gasteiger partial charge in [0.1, 0.15) is 4.90 Å². The van der Waals surface area contributed by atoms with Gasteiger partial charge in [0.25, 0.3) is 10.0 Å². The molecule has 0 unspecified atom stereocenters. The number of sulfonamides is 1. The van der Waals surface area contributed by atoms with Crippen LogP contribution in [0.1, 0.15) is 19.0 Å². The number of nitrogens with zero attached hydrogens (tertiary/aromatic N) is 3. The molecule has 0 atom stereocenters. The quantitative estimate of drug-likeness (QED) is 0.747. The average Bonchev–Trinajstić information content (AvgIpc) is 2.86. The molecule has 104 valence electrons. The van der Waals surface area contributed by atoms with Gasteiger partial charge in [0, 0.05) is 24.5 Å². The maximum absolute atomic E-state index is 12.2. The molecule has 4 N–H and O–H groups in total. The molecule has 9 heteroatoms. The van der Waals surface area contributed by atoms with Crippen molar-refractivity contribution in [1.29, 1.82) is 0 Å². The Kier molecular flexibility index (Phi) is 3.47. The highest BCUT2D eigenvalue weighted by atomic mass is 32.2. The van der Waals surface area contributed by atoms with Crippen LogP contribution in [0.25, 0.3) is 0 Å². The number of hydrogen-bond acceptors (Lipinski definition) is 5. The summed E-state index contributed by atoms with van der Waals surface area (Å²) < 4.78 is 28.2. The number of hydrogen-bond donors (Lipinski definition) is 3. The molecule has 0 amide bonds. The Labute approximate surface area is 111 Å². The Morgan fingerprint density at radius 1 is 1.53 bits per heavy atom. The Morgan fingerprint density at radius 2 is 2.26 bits per heavy atom. The fourth-order valence-electron chi connectivity index (χ4n) is 1.63. The first-order valence-corrected chi connectivity index (χ1v) is 7.28. The van der Waals surface area contributed by atoms with Crippen molar-refractivity contribution in [3.8, 4) is 0 Å². The normalized spacial score (nSPS) is 11.7. The standard InChI is InChI=1S/C10H16N6O2S/c1-3-4-16-6-8(10(11)14-16)19(17,18)15-9-5-7(2)12-13-9/h5-6H,3-4H2,1-2H3,(H2,11,14)(H2,12,13,15). The molecule has 0 aliphatic carbocycles. The molecule has 2 heterocycles. The zero-order valence-corrected chi connectivity index (χ0v) is 11.5. The minimum absolute atomic E-state index is 0.0202. The number of rotatable bonds is 5. The molecule has 2 aromatic rings. The average molecular weight is 284 g/mol. The van der Waals surface area contributed by atoms with Crippen LogP contribution in [0, 0.1) is 6.92 Å². The molecule has 19 heavy (non-hydrogen) atoms. The van der Waals surface area contributed by atoms with Crippen LogP contribution in [0.3, 0.4) is 0 Å². The smallest absolute Gasteiger partial charge is 0.268 e. The molecule has 2 rings (SSSR count). The van der Waals surface area contributed by atoms with Gasteiger partial charge in [-0.25, -0.2) is 8.42 Å². The van der Waals surface area contributed by atoms with Gasteiger partial charge in [-0.15, -0.1) is 0 Å². The monoisotopic (exact) mass is 284 g/mol. The molecule has 0 radical (unpaired) electrons. The van der Waals surface area contributed by atoms with Crippen molar-refractivity contribution in [3.05, 3.63) is 18.0 Å². The topological polar surface area (TPSA) is 119 Å². The molecule has 0 fully saturated rings. The van der Waals surface area contributed by atoms with Crippen molar-refractivity contribution in [2.45, 2.75) is 31.7 Å². The van der Waals surface area contributed by atoms with E-state index in [2.05, 4.69) is 20.0 Å². The summed E-state index contributed by atoms with van der Waals surface area (Å²) in [4.78, 5) is -0.0402. The van der Waals surface area contributed by atoms with Crippen LogP contribution in [0.15, 0.2) is 17.2 Å². The molecule has 0 bridgehead atoms. The largest absolute Gasteiger partial charge is 0.381 e. The van der Waals surface area contributed by atoms with Gasteiger partial charge in [-0.2, -0.15) is 10.2 Å². The number of aromatic nitrogens is 4. The van der Waals surface area contributed by atoms with E-state index in [0.29, 0.717) is 6.54 Å². The van der Waals surface area contributed by atoms with Crippen molar-refractivity contribution < 1.29 is 8.42 Å². The summed E-state index contributed by atoms with van der Waals surface area (Å²) in [5.41, 5.74) is 6.39. The van der Waals surface area contributed by atoms with Gasteiger partial charge in [-0.3, -0.25) is 14.5 Å². The number of aromatic amines is 1. The SMILES string of the molecule is CCCn1cc(S(=O)(=O)Nc2cc(C)[nH]n2)c(N)n1. The van der Waals surface area contributed by atoms with Gasteiger partial charge in [0.2, 0.25) is 0 Å². The van der Waals surface area contributed by atoms with E-state index >= 15 is 0 Å². The predicted molar refractivity (Wildman–Crippen MR) is 71.1 cm³/mol. The summed E-state index contributed by atoms with van der Waals surface area (Å²) in [7, 11) is -3.77. The zero-order valence-electron chi connectivity index (χ0n) is 10.7. The first-order chi connectivity index (χ1) is 8.92.